The van der Waals surface area contributed by atoms with Crippen molar-refractivity contribution in [1.29, 1.82) is 0 Å². The van der Waals surface area contributed by atoms with Gasteiger partial charge in [-0.3, -0.25) is 14.5 Å². The molecule has 3 aromatic carbocycles. The van der Waals surface area contributed by atoms with Gasteiger partial charge in [0.25, 0.3) is 5.78 Å². The van der Waals surface area contributed by atoms with Crippen molar-refractivity contribution in [3.8, 4) is 17.2 Å². The third-order valence-corrected chi connectivity index (χ3v) is 9.96. The Bertz CT molecular complexity index is 1830. The Morgan fingerprint density at radius 2 is 1.87 bits per heavy atom. The van der Waals surface area contributed by atoms with Gasteiger partial charge in [-0.1, -0.05) is 54.6 Å². The lowest BCUT2D eigenvalue weighted by Gasteiger charge is -2.23. The number of Topliss-reactive ketones (excluding diaryl/α,β-unsaturated/α-hetero) is 1. The van der Waals surface area contributed by atoms with Crippen molar-refractivity contribution in [2.75, 3.05) is 18.1 Å². The highest BCUT2D eigenvalue weighted by Gasteiger charge is 2.48. The maximum Gasteiger partial charge on any atom is 0.301 e. The van der Waals surface area contributed by atoms with Gasteiger partial charge in [0.2, 0.25) is 5.13 Å². The minimum atomic E-state index is -1.02. The molecule has 0 saturated carbocycles. The molecular formula is C35H34FN3O6S2. The summed E-state index contributed by atoms with van der Waals surface area (Å²) in [6.07, 6.45) is 2.50. The SMILES string of the molecule is CCCCOc1ccc([C@H]2/C(=C(\O)c3ccc4c(c3)C[C@H](C)O4)C(=O)C(=O)N2c2nnc(SCc3ccc(F)cc3)s2)cc1OCC. The molecule has 244 valence electrons. The molecular weight excluding hydrogens is 642 g/mol. The molecule has 0 aliphatic carbocycles. The number of aliphatic hydroxyl groups excluding tert-OH is 1. The number of amides is 1. The van der Waals surface area contributed by atoms with Gasteiger partial charge in [-0.25, -0.2) is 4.39 Å². The number of unbranched alkanes of at least 4 members (excludes halogenated alkanes) is 1. The Labute approximate surface area is 280 Å². The molecule has 1 saturated heterocycles. The minimum absolute atomic E-state index is 0.00412. The van der Waals surface area contributed by atoms with Crippen LogP contribution in [0.3, 0.4) is 0 Å². The fourth-order valence-electron chi connectivity index (χ4n) is 5.56. The zero-order chi connectivity index (χ0) is 33.1. The molecule has 0 bridgehead atoms. The molecule has 4 aromatic rings. The molecule has 2 aliphatic heterocycles. The third kappa shape index (κ3) is 6.84. The van der Waals surface area contributed by atoms with E-state index < -0.39 is 17.7 Å². The summed E-state index contributed by atoms with van der Waals surface area (Å²) in [5.74, 6) is -0.0396. The highest BCUT2D eigenvalue weighted by molar-refractivity contribution is 8.00. The molecule has 1 amide bonds. The Morgan fingerprint density at radius 1 is 1.06 bits per heavy atom. The summed E-state index contributed by atoms with van der Waals surface area (Å²) in [7, 11) is 0. The zero-order valence-corrected chi connectivity index (χ0v) is 27.8. The van der Waals surface area contributed by atoms with Crippen LogP contribution >= 0.6 is 23.1 Å². The fourth-order valence-corrected chi connectivity index (χ4v) is 7.39. The van der Waals surface area contributed by atoms with Crippen molar-refractivity contribution in [2.24, 2.45) is 0 Å². The smallest absolute Gasteiger partial charge is 0.301 e. The number of hydrogen-bond donors (Lipinski definition) is 1. The van der Waals surface area contributed by atoms with Gasteiger partial charge in [0.1, 0.15) is 23.4 Å². The van der Waals surface area contributed by atoms with E-state index in [1.54, 1.807) is 48.5 Å². The fraction of sp³-hybridized carbons (Fsp3) is 0.314. The normalized spacial score (nSPS) is 18.3. The summed E-state index contributed by atoms with van der Waals surface area (Å²) in [5.41, 5.74) is 2.67. The Kier molecular flexibility index (Phi) is 9.79. The molecule has 1 N–H and O–H groups in total. The van der Waals surface area contributed by atoms with Crippen LogP contribution in [-0.4, -0.2) is 46.3 Å². The van der Waals surface area contributed by atoms with Gasteiger partial charge in [-0.05, 0) is 79.4 Å². The van der Waals surface area contributed by atoms with Crippen LogP contribution in [0.4, 0.5) is 9.52 Å². The zero-order valence-electron chi connectivity index (χ0n) is 26.2. The minimum Gasteiger partial charge on any atom is -0.507 e. The average Bonchev–Trinajstić information content (AvgIpc) is 3.76. The second kappa shape index (κ2) is 14.1. The maximum absolute atomic E-state index is 13.8. The second-order valence-electron chi connectivity index (χ2n) is 11.2. The van der Waals surface area contributed by atoms with E-state index >= 15 is 0 Å². The summed E-state index contributed by atoms with van der Waals surface area (Å²) in [4.78, 5) is 28.9. The Hall–Kier alpha value is -4.42. The molecule has 1 aromatic heterocycles. The molecule has 2 atom stereocenters. The van der Waals surface area contributed by atoms with Gasteiger partial charge in [0, 0.05) is 17.7 Å². The number of carbonyl (C=O) groups is 2. The van der Waals surface area contributed by atoms with Gasteiger partial charge in [-0.15, -0.1) is 10.2 Å². The van der Waals surface area contributed by atoms with E-state index in [4.69, 9.17) is 14.2 Å². The summed E-state index contributed by atoms with van der Waals surface area (Å²) in [5, 5.41) is 20.5. The lowest BCUT2D eigenvalue weighted by Crippen LogP contribution is -2.29. The van der Waals surface area contributed by atoms with Crippen LogP contribution in [0, 0.1) is 5.82 Å². The number of anilines is 1. The largest absolute Gasteiger partial charge is 0.507 e. The number of aromatic nitrogens is 2. The molecule has 0 radical (unpaired) electrons. The number of carbonyl (C=O) groups excluding carboxylic acids is 2. The van der Waals surface area contributed by atoms with E-state index in [-0.39, 0.29) is 28.4 Å². The topological polar surface area (TPSA) is 111 Å². The maximum atomic E-state index is 13.8. The van der Waals surface area contributed by atoms with Crippen LogP contribution < -0.4 is 19.1 Å². The van der Waals surface area contributed by atoms with Gasteiger partial charge in [0.05, 0.1) is 24.8 Å². The van der Waals surface area contributed by atoms with Gasteiger partial charge in [0.15, 0.2) is 15.8 Å². The van der Waals surface area contributed by atoms with Crippen molar-refractivity contribution >= 4 is 45.7 Å². The first-order valence-electron chi connectivity index (χ1n) is 15.5. The van der Waals surface area contributed by atoms with Crippen molar-refractivity contribution in [3.63, 3.8) is 0 Å². The summed E-state index contributed by atoms with van der Waals surface area (Å²) < 4.78 is 31.7. The quantitative estimate of drug-likeness (QED) is 0.0408. The first-order chi connectivity index (χ1) is 22.8. The third-order valence-electron chi connectivity index (χ3n) is 7.83. The average molecular weight is 676 g/mol. The van der Waals surface area contributed by atoms with Crippen LogP contribution in [0.1, 0.15) is 61.9 Å². The predicted molar refractivity (Wildman–Crippen MR) is 179 cm³/mol. The number of ether oxygens (including phenoxy) is 3. The molecule has 1 fully saturated rings. The highest BCUT2D eigenvalue weighted by atomic mass is 32.2. The lowest BCUT2D eigenvalue weighted by atomic mass is 9.94. The number of nitrogens with zero attached hydrogens (tertiary/aromatic N) is 3. The molecule has 47 heavy (non-hydrogen) atoms. The van der Waals surface area contributed by atoms with Crippen LogP contribution in [0.5, 0.6) is 17.2 Å². The van der Waals surface area contributed by atoms with Crippen molar-refractivity contribution in [3.05, 3.63) is 94.3 Å². The van der Waals surface area contributed by atoms with Gasteiger partial charge >= 0.3 is 5.91 Å². The number of halogens is 1. The Balaban J connectivity index is 1.41. The second-order valence-corrected chi connectivity index (χ2v) is 13.4. The monoisotopic (exact) mass is 675 g/mol. The number of ketones is 1. The van der Waals surface area contributed by atoms with Crippen LogP contribution in [0.15, 0.2) is 70.6 Å². The van der Waals surface area contributed by atoms with Crippen molar-refractivity contribution in [2.45, 2.75) is 62.3 Å². The molecule has 2 aliphatic rings. The van der Waals surface area contributed by atoms with E-state index in [1.807, 2.05) is 13.8 Å². The van der Waals surface area contributed by atoms with E-state index in [0.717, 1.165) is 41.1 Å². The summed E-state index contributed by atoms with van der Waals surface area (Å²) in [6.45, 7) is 6.78. The van der Waals surface area contributed by atoms with Crippen molar-refractivity contribution in [1.82, 2.24) is 10.2 Å². The van der Waals surface area contributed by atoms with E-state index in [2.05, 4.69) is 17.1 Å². The number of hydrogen-bond acceptors (Lipinski definition) is 10. The molecule has 0 unspecified atom stereocenters. The van der Waals surface area contributed by atoms with Crippen LogP contribution in [0.25, 0.3) is 5.76 Å². The van der Waals surface area contributed by atoms with Gasteiger partial charge in [-0.2, -0.15) is 0 Å². The summed E-state index contributed by atoms with van der Waals surface area (Å²) in [6, 6.07) is 15.7. The standard InChI is InChI=1S/C35H34FN3O6S2/c1-4-6-15-44-27-14-9-22(18-28(27)43-5-2)30-29(31(40)23-10-13-26-24(17-23)16-20(3)45-26)32(41)33(42)39(30)34-37-38-35(47-34)46-19-21-7-11-25(36)12-8-21/h7-14,17-18,20,30,40H,4-6,15-16,19H2,1-3H3/b31-29+/t20-,30-/m0/s1. The number of aliphatic hydroxyl groups is 1. The van der Waals surface area contributed by atoms with Crippen LogP contribution in [-0.2, 0) is 21.8 Å². The number of benzene rings is 3. The summed E-state index contributed by atoms with van der Waals surface area (Å²) >= 11 is 2.54. The van der Waals surface area contributed by atoms with E-state index in [1.165, 1.54) is 28.8 Å². The van der Waals surface area contributed by atoms with Gasteiger partial charge < -0.3 is 19.3 Å². The van der Waals surface area contributed by atoms with E-state index in [9.17, 15) is 19.1 Å². The first-order valence-corrected chi connectivity index (χ1v) is 17.3. The first kappa shape index (κ1) is 32.5. The molecule has 9 nitrogen and oxygen atoms in total. The molecule has 3 heterocycles. The number of fused-ring (bicyclic) bond motifs is 1. The Morgan fingerprint density at radius 3 is 2.64 bits per heavy atom. The van der Waals surface area contributed by atoms with Crippen LogP contribution in [0.2, 0.25) is 0 Å². The number of rotatable bonds is 12. The molecule has 6 rings (SSSR count). The van der Waals surface area contributed by atoms with Crippen molar-refractivity contribution < 1.29 is 33.3 Å². The highest BCUT2D eigenvalue weighted by Crippen LogP contribution is 2.46. The number of thioether (sulfide) groups is 1. The van der Waals surface area contributed by atoms with E-state index in [0.29, 0.717) is 52.4 Å². The predicted octanol–water partition coefficient (Wildman–Crippen LogP) is 7.50. The lowest BCUT2D eigenvalue weighted by molar-refractivity contribution is -0.132. The molecule has 0 spiro atoms. The molecule has 12 heteroatoms.